The monoisotopic (exact) mass is 321 g/mol. The summed E-state index contributed by atoms with van der Waals surface area (Å²) in [6.45, 7) is 2.04. The first kappa shape index (κ1) is 15.4. The van der Waals surface area contributed by atoms with Crippen LogP contribution in [0.2, 0.25) is 0 Å². The zero-order valence-corrected chi connectivity index (χ0v) is 13.7. The van der Waals surface area contributed by atoms with Crippen molar-refractivity contribution in [3.05, 3.63) is 66.0 Å². The molecule has 1 saturated heterocycles. The Hall–Kier alpha value is -2.17. The molecule has 0 amide bonds. The molecule has 124 valence electrons. The number of piperidine rings is 1. The van der Waals surface area contributed by atoms with Gasteiger partial charge in [0.15, 0.2) is 0 Å². The third-order valence-corrected chi connectivity index (χ3v) is 4.87. The van der Waals surface area contributed by atoms with Crippen LogP contribution in [0, 0.1) is 0 Å². The summed E-state index contributed by atoms with van der Waals surface area (Å²) in [7, 11) is 0. The van der Waals surface area contributed by atoms with E-state index < -0.39 is 6.10 Å². The van der Waals surface area contributed by atoms with Gasteiger partial charge in [-0.15, -0.1) is 0 Å². The first-order valence-corrected chi connectivity index (χ1v) is 8.72. The summed E-state index contributed by atoms with van der Waals surface area (Å²) in [5, 5.41) is 14.3. The van der Waals surface area contributed by atoms with E-state index in [-0.39, 0.29) is 0 Å². The molecule has 0 radical (unpaired) electrons. The molecule has 2 aromatic carbocycles. The van der Waals surface area contributed by atoms with Crippen LogP contribution in [0.15, 0.2) is 54.6 Å². The molecule has 0 spiro atoms. The number of fused-ring (bicyclic) bond motifs is 1. The van der Waals surface area contributed by atoms with Crippen LogP contribution in [0.4, 0.5) is 0 Å². The molecule has 1 fully saturated rings. The Kier molecular flexibility index (Phi) is 4.32. The zero-order chi connectivity index (χ0) is 16.4. The number of aromatic nitrogens is 2. The second kappa shape index (κ2) is 6.75. The molecular weight excluding hydrogens is 298 g/mol. The minimum Gasteiger partial charge on any atom is -0.385 e. The van der Waals surface area contributed by atoms with Crippen molar-refractivity contribution in [3.8, 4) is 0 Å². The normalized spacial score (nSPS) is 17.2. The van der Waals surface area contributed by atoms with Crippen molar-refractivity contribution in [2.24, 2.45) is 0 Å². The summed E-state index contributed by atoms with van der Waals surface area (Å²) in [6.07, 6.45) is 2.15. The quantitative estimate of drug-likeness (QED) is 0.775. The maximum atomic E-state index is 10.9. The van der Waals surface area contributed by atoms with Gasteiger partial charge >= 0.3 is 0 Å². The van der Waals surface area contributed by atoms with Gasteiger partial charge in [0, 0.05) is 12.5 Å². The van der Waals surface area contributed by atoms with E-state index in [0.29, 0.717) is 12.5 Å². The molecule has 0 saturated carbocycles. The lowest BCUT2D eigenvalue weighted by Gasteiger charge is -2.27. The Morgan fingerprint density at radius 1 is 1.04 bits per heavy atom. The SMILES string of the molecule is OC(Cc1ccccc1)c1nc2ccccc2n1C1CCNCC1. The molecule has 1 unspecified atom stereocenters. The van der Waals surface area contributed by atoms with Crippen molar-refractivity contribution in [1.82, 2.24) is 14.9 Å². The molecule has 0 aliphatic carbocycles. The zero-order valence-electron chi connectivity index (χ0n) is 13.7. The highest BCUT2D eigenvalue weighted by Crippen LogP contribution is 2.30. The number of benzene rings is 2. The van der Waals surface area contributed by atoms with Crippen molar-refractivity contribution >= 4 is 11.0 Å². The Morgan fingerprint density at radius 3 is 2.54 bits per heavy atom. The molecule has 3 aromatic rings. The van der Waals surface area contributed by atoms with Crippen LogP contribution in [0.25, 0.3) is 11.0 Å². The molecular formula is C20H23N3O. The van der Waals surface area contributed by atoms with E-state index >= 15 is 0 Å². The summed E-state index contributed by atoms with van der Waals surface area (Å²) >= 11 is 0. The van der Waals surface area contributed by atoms with E-state index in [0.717, 1.165) is 48.4 Å². The van der Waals surface area contributed by atoms with Gasteiger partial charge in [0.1, 0.15) is 11.9 Å². The first-order chi connectivity index (χ1) is 11.8. The molecule has 0 bridgehead atoms. The number of aliphatic hydroxyl groups is 1. The standard InChI is InChI=1S/C20H23N3O/c24-19(14-15-6-2-1-3-7-15)20-22-17-8-4-5-9-18(17)23(20)16-10-12-21-13-11-16/h1-9,16,19,21,24H,10-14H2. The van der Waals surface area contributed by atoms with Crippen LogP contribution in [-0.4, -0.2) is 27.7 Å². The highest BCUT2D eigenvalue weighted by molar-refractivity contribution is 5.76. The van der Waals surface area contributed by atoms with Crippen molar-refractivity contribution < 1.29 is 5.11 Å². The van der Waals surface area contributed by atoms with Crippen LogP contribution in [0.5, 0.6) is 0 Å². The summed E-state index contributed by atoms with van der Waals surface area (Å²) in [4.78, 5) is 4.78. The summed E-state index contributed by atoms with van der Waals surface area (Å²) in [6, 6.07) is 18.7. The van der Waals surface area contributed by atoms with Crippen LogP contribution in [0.3, 0.4) is 0 Å². The van der Waals surface area contributed by atoms with Crippen LogP contribution >= 0.6 is 0 Å². The lowest BCUT2D eigenvalue weighted by Crippen LogP contribution is -2.30. The average Bonchev–Trinajstić information content (AvgIpc) is 3.03. The topological polar surface area (TPSA) is 50.1 Å². The highest BCUT2D eigenvalue weighted by atomic mass is 16.3. The van der Waals surface area contributed by atoms with Gasteiger partial charge in [0.05, 0.1) is 11.0 Å². The number of aliphatic hydroxyl groups excluding tert-OH is 1. The second-order valence-corrected chi connectivity index (χ2v) is 6.52. The number of hydrogen-bond donors (Lipinski definition) is 2. The predicted molar refractivity (Wildman–Crippen MR) is 96.0 cm³/mol. The molecule has 2 heterocycles. The molecule has 2 N–H and O–H groups in total. The molecule has 4 nitrogen and oxygen atoms in total. The Labute approximate surface area is 142 Å². The van der Waals surface area contributed by atoms with Gasteiger partial charge in [-0.2, -0.15) is 0 Å². The largest absolute Gasteiger partial charge is 0.385 e. The molecule has 4 rings (SSSR count). The number of para-hydroxylation sites is 2. The van der Waals surface area contributed by atoms with Crippen molar-refractivity contribution in [2.75, 3.05) is 13.1 Å². The molecule has 4 heteroatoms. The van der Waals surface area contributed by atoms with Gasteiger partial charge in [-0.3, -0.25) is 0 Å². The number of nitrogens with one attached hydrogen (secondary N) is 1. The van der Waals surface area contributed by atoms with Gasteiger partial charge in [-0.25, -0.2) is 4.98 Å². The van der Waals surface area contributed by atoms with Gasteiger partial charge in [-0.1, -0.05) is 42.5 Å². The molecule has 1 aliphatic heterocycles. The minimum atomic E-state index is -0.588. The van der Waals surface area contributed by atoms with E-state index in [1.165, 1.54) is 0 Å². The highest BCUT2D eigenvalue weighted by Gasteiger charge is 2.24. The van der Waals surface area contributed by atoms with Crippen molar-refractivity contribution in [3.63, 3.8) is 0 Å². The predicted octanol–water partition coefficient (Wildman–Crippen LogP) is 3.24. The van der Waals surface area contributed by atoms with Gasteiger partial charge < -0.3 is 15.0 Å². The van der Waals surface area contributed by atoms with Gasteiger partial charge in [0.2, 0.25) is 0 Å². The first-order valence-electron chi connectivity index (χ1n) is 8.72. The second-order valence-electron chi connectivity index (χ2n) is 6.52. The number of imidazole rings is 1. The maximum Gasteiger partial charge on any atom is 0.139 e. The van der Waals surface area contributed by atoms with E-state index in [2.05, 4.69) is 34.1 Å². The lowest BCUT2D eigenvalue weighted by atomic mass is 10.0. The van der Waals surface area contributed by atoms with E-state index in [4.69, 9.17) is 4.98 Å². The van der Waals surface area contributed by atoms with E-state index in [1.54, 1.807) is 0 Å². The third-order valence-electron chi connectivity index (χ3n) is 4.87. The van der Waals surface area contributed by atoms with Gasteiger partial charge in [0.25, 0.3) is 0 Å². The molecule has 1 aromatic heterocycles. The maximum absolute atomic E-state index is 10.9. The van der Waals surface area contributed by atoms with Crippen LogP contribution < -0.4 is 5.32 Å². The fraction of sp³-hybridized carbons (Fsp3) is 0.350. The number of hydrogen-bond acceptors (Lipinski definition) is 3. The lowest BCUT2D eigenvalue weighted by molar-refractivity contribution is 0.159. The Balaban J connectivity index is 1.73. The number of rotatable bonds is 4. The van der Waals surface area contributed by atoms with E-state index in [1.807, 2.05) is 30.3 Å². The van der Waals surface area contributed by atoms with E-state index in [9.17, 15) is 5.11 Å². The fourth-order valence-electron chi connectivity index (χ4n) is 3.68. The Morgan fingerprint density at radius 2 is 1.75 bits per heavy atom. The van der Waals surface area contributed by atoms with Crippen molar-refractivity contribution in [1.29, 1.82) is 0 Å². The summed E-state index contributed by atoms with van der Waals surface area (Å²) in [5.74, 6) is 0.798. The molecule has 1 atom stereocenters. The van der Waals surface area contributed by atoms with Crippen LogP contribution in [0.1, 0.15) is 36.4 Å². The third kappa shape index (κ3) is 2.95. The summed E-state index contributed by atoms with van der Waals surface area (Å²) < 4.78 is 2.28. The van der Waals surface area contributed by atoms with Crippen LogP contribution in [-0.2, 0) is 6.42 Å². The number of nitrogens with zero attached hydrogens (tertiary/aromatic N) is 2. The molecule has 1 aliphatic rings. The minimum absolute atomic E-state index is 0.402. The van der Waals surface area contributed by atoms with Crippen molar-refractivity contribution in [2.45, 2.75) is 31.4 Å². The Bertz CT molecular complexity index is 806. The summed E-state index contributed by atoms with van der Waals surface area (Å²) in [5.41, 5.74) is 3.23. The molecule has 24 heavy (non-hydrogen) atoms. The fourth-order valence-corrected chi connectivity index (χ4v) is 3.68. The smallest absolute Gasteiger partial charge is 0.139 e. The van der Waals surface area contributed by atoms with Gasteiger partial charge in [-0.05, 0) is 43.6 Å². The average molecular weight is 321 g/mol.